The highest BCUT2D eigenvalue weighted by Gasteiger charge is 2.37. The van der Waals surface area contributed by atoms with Crippen LogP contribution in [0.5, 0.6) is 0 Å². The number of carbonyl (C=O) groups is 1. The highest BCUT2D eigenvalue weighted by Crippen LogP contribution is 2.22. The van der Waals surface area contributed by atoms with E-state index in [1.165, 1.54) is 0 Å². The first-order chi connectivity index (χ1) is 7.45. The smallest absolute Gasteiger partial charge is 0.320 e. The summed E-state index contributed by atoms with van der Waals surface area (Å²) in [6.07, 6.45) is 0.854. The van der Waals surface area contributed by atoms with Crippen molar-refractivity contribution in [2.45, 2.75) is 38.0 Å². The van der Waals surface area contributed by atoms with Gasteiger partial charge in [0, 0.05) is 19.1 Å². The molecule has 2 N–H and O–H groups in total. The molecule has 1 aliphatic rings. The number of carboxylic acids is 1. The number of β-amino-alcohol motifs (C(OH)–C–C–N with tert-alkyl or cyclic N) is 1. The Morgan fingerprint density at radius 3 is 2.62 bits per heavy atom. The standard InChI is InChI=1S/C11H22N2O3/c1-4-10(11(15)16)13-7-9(14)5-8(13)6-12(2)3/h8-10,14H,4-7H2,1-3H3,(H,15,16). The van der Waals surface area contributed by atoms with Crippen LogP contribution in [0.1, 0.15) is 19.8 Å². The van der Waals surface area contributed by atoms with Crippen LogP contribution in [0.15, 0.2) is 0 Å². The molecule has 0 spiro atoms. The van der Waals surface area contributed by atoms with E-state index in [2.05, 4.69) is 0 Å². The van der Waals surface area contributed by atoms with E-state index in [0.29, 0.717) is 19.4 Å². The second kappa shape index (κ2) is 5.61. The Morgan fingerprint density at radius 1 is 1.56 bits per heavy atom. The minimum absolute atomic E-state index is 0.144. The third-order valence-electron chi connectivity index (χ3n) is 3.08. The molecule has 1 saturated heterocycles. The molecular weight excluding hydrogens is 208 g/mol. The van der Waals surface area contributed by atoms with Gasteiger partial charge >= 0.3 is 5.97 Å². The van der Waals surface area contributed by atoms with Crippen LogP contribution in [0, 0.1) is 0 Å². The van der Waals surface area contributed by atoms with Crippen LogP contribution in [-0.2, 0) is 4.79 Å². The van der Waals surface area contributed by atoms with Gasteiger partial charge in [0.2, 0.25) is 0 Å². The van der Waals surface area contributed by atoms with Gasteiger partial charge in [-0.25, -0.2) is 0 Å². The van der Waals surface area contributed by atoms with Crippen molar-refractivity contribution in [2.75, 3.05) is 27.2 Å². The summed E-state index contributed by atoms with van der Waals surface area (Å²) in [5.41, 5.74) is 0. The van der Waals surface area contributed by atoms with Crippen molar-refractivity contribution in [3.8, 4) is 0 Å². The summed E-state index contributed by atoms with van der Waals surface area (Å²) >= 11 is 0. The van der Waals surface area contributed by atoms with Gasteiger partial charge < -0.3 is 15.1 Å². The van der Waals surface area contributed by atoms with E-state index in [0.717, 1.165) is 6.54 Å². The van der Waals surface area contributed by atoms with Gasteiger partial charge in [-0.3, -0.25) is 9.69 Å². The molecule has 16 heavy (non-hydrogen) atoms. The fraction of sp³-hybridized carbons (Fsp3) is 0.909. The number of hydrogen-bond acceptors (Lipinski definition) is 4. The number of aliphatic carboxylic acids is 1. The minimum atomic E-state index is -0.791. The first-order valence-electron chi connectivity index (χ1n) is 5.77. The lowest BCUT2D eigenvalue weighted by molar-refractivity contribution is -0.144. The molecule has 0 aromatic heterocycles. The highest BCUT2D eigenvalue weighted by molar-refractivity contribution is 5.73. The summed E-state index contributed by atoms with van der Waals surface area (Å²) in [6.45, 7) is 3.14. The molecule has 0 aromatic rings. The van der Waals surface area contributed by atoms with E-state index in [9.17, 15) is 9.90 Å². The van der Waals surface area contributed by atoms with Gasteiger partial charge in [-0.2, -0.15) is 0 Å². The number of aliphatic hydroxyl groups is 1. The second-order valence-electron chi connectivity index (χ2n) is 4.76. The molecule has 94 valence electrons. The summed E-state index contributed by atoms with van der Waals surface area (Å²) in [7, 11) is 3.93. The zero-order chi connectivity index (χ0) is 12.3. The topological polar surface area (TPSA) is 64.0 Å². The molecule has 3 unspecified atom stereocenters. The molecule has 0 saturated carbocycles. The molecular formula is C11H22N2O3. The van der Waals surface area contributed by atoms with Crippen molar-refractivity contribution in [1.29, 1.82) is 0 Å². The first kappa shape index (κ1) is 13.4. The van der Waals surface area contributed by atoms with Crippen LogP contribution < -0.4 is 0 Å². The molecule has 0 amide bonds. The number of likely N-dealkylation sites (tertiary alicyclic amines) is 1. The van der Waals surface area contributed by atoms with Crippen molar-refractivity contribution >= 4 is 5.97 Å². The molecule has 1 fully saturated rings. The maximum atomic E-state index is 11.1. The third-order valence-corrected chi connectivity index (χ3v) is 3.08. The predicted octanol–water partition coefficient (Wildman–Crippen LogP) is -0.154. The summed E-state index contributed by atoms with van der Waals surface area (Å²) in [6, 6.07) is -0.326. The first-order valence-corrected chi connectivity index (χ1v) is 5.77. The number of nitrogens with zero attached hydrogens (tertiary/aromatic N) is 2. The van der Waals surface area contributed by atoms with E-state index in [4.69, 9.17) is 5.11 Å². The van der Waals surface area contributed by atoms with Crippen molar-refractivity contribution < 1.29 is 15.0 Å². The zero-order valence-electron chi connectivity index (χ0n) is 10.3. The van der Waals surface area contributed by atoms with Crippen LogP contribution in [0.2, 0.25) is 0 Å². The van der Waals surface area contributed by atoms with Gasteiger partial charge in [0.25, 0.3) is 0 Å². The zero-order valence-corrected chi connectivity index (χ0v) is 10.3. The Labute approximate surface area is 96.7 Å². The predicted molar refractivity (Wildman–Crippen MR) is 61.4 cm³/mol. The van der Waals surface area contributed by atoms with Crippen molar-refractivity contribution in [3.05, 3.63) is 0 Å². The number of hydrogen-bond donors (Lipinski definition) is 2. The van der Waals surface area contributed by atoms with Crippen molar-refractivity contribution in [3.63, 3.8) is 0 Å². The normalized spacial score (nSPS) is 28.6. The lowest BCUT2D eigenvalue weighted by Gasteiger charge is -2.31. The Balaban J connectivity index is 2.71. The molecule has 1 rings (SSSR count). The summed E-state index contributed by atoms with van der Waals surface area (Å²) < 4.78 is 0. The minimum Gasteiger partial charge on any atom is -0.480 e. The largest absolute Gasteiger partial charge is 0.480 e. The Bertz CT molecular complexity index is 245. The molecule has 1 aliphatic heterocycles. The van der Waals surface area contributed by atoms with Crippen LogP contribution in [0.4, 0.5) is 0 Å². The summed E-state index contributed by atoms with van der Waals surface area (Å²) in [5.74, 6) is -0.791. The monoisotopic (exact) mass is 230 g/mol. The van der Waals surface area contributed by atoms with Crippen molar-refractivity contribution in [1.82, 2.24) is 9.80 Å². The molecule has 1 heterocycles. The van der Waals surface area contributed by atoms with E-state index >= 15 is 0 Å². The average Bonchev–Trinajstić information content (AvgIpc) is 2.46. The number of likely N-dealkylation sites (N-methyl/N-ethyl adjacent to an activating group) is 1. The van der Waals surface area contributed by atoms with E-state index in [1.807, 2.05) is 30.8 Å². The lowest BCUT2D eigenvalue weighted by Crippen LogP contribution is -2.47. The fourth-order valence-corrected chi connectivity index (χ4v) is 2.45. The van der Waals surface area contributed by atoms with Gasteiger partial charge in [-0.15, -0.1) is 0 Å². The third kappa shape index (κ3) is 3.17. The molecule has 0 radical (unpaired) electrons. The lowest BCUT2D eigenvalue weighted by atomic mass is 10.1. The van der Waals surface area contributed by atoms with E-state index < -0.39 is 18.1 Å². The Hall–Kier alpha value is -0.650. The molecule has 3 atom stereocenters. The maximum absolute atomic E-state index is 11.1. The average molecular weight is 230 g/mol. The molecule has 0 aliphatic carbocycles. The van der Waals surface area contributed by atoms with E-state index in [1.54, 1.807) is 0 Å². The number of rotatable bonds is 5. The van der Waals surface area contributed by atoms with Crippen LogP contribution in [0.25, 0.3) is 0 Å². The van der Waals surface area contributed by atoms with Gasteiger partial charge in [0.15, 0.2) is 0 Å². The van der Waals surface area contributed by atoms with E-state index in [-0.39, 0.29) is 6.04 Å². The van der Waals surface area contributed by atoms with Crippen LogP contribution >= 0.6 is 0 Å². The van der Waals surface area contributed by atoms with Crippen molar-refractivity contribution in [2.24, 2.45) is 0 Å². The fourth-order valence-electron chi connectivity index (χ4n) is 2.45. The highest BCUT2D eigenvalue weighted by atomic mass is 16.4. The summed E-state index contributed by atoms with van der Waals surface area (Å²) in [5, 5.41) is 18.8. The number of aliphatic hydroxyl groups excluding tert-OH is 1. The van der Waals surface area contributed by atoms with Gasteiger partial charge in [0.05, 0.1) is 6.10 Å². The molecule has 0 bridgehead atoms. The quantitative estimate of drug-likeness (QED) is 0.687. The SMILES string of the molecule is CCC(C(=O)O)N1CC(O)CC1CN(C)C. The van der Waals surface area contributed by atoms with Crippen LogP contribution in [0.3, 0.4) is 0 Å². The van der Waals surface area contributed by atoms with Gasteiger partial charge in [-0.1, -0.05) is 6.92 Å². The van der Waals surface area contributed by atoms with Gasteiger partial charge in [0.1, 0.15) is 6.04 Å². The Kier molecular flexibility index (Phi) is 4.70. The summed E-state index contributed by atoms with van der Waals surface area (Å²) in [4.78, 5) is 15.1. The number of carboxylic acid groups (broad SMARTS) is 1. The maximum Gasteiger partial charge on any atom is 0.320 e. The van der Waals surface area contributed by atoms with Crippen LogP contribution in [-0.4, -0.2) is 71.4 Å². The Morgan fingerprint density at radius 2 is 2.19 bits per heavy atom. The van der Waals surface area contributed by atoms with Gasteiger partial charge in [-0.05, 0) is 26.9 Å². The second-order valence-corrected chi connectivity index (χ2v) is 4.76. The molecule has 0 aromatic carbocycles. The molecule has 5 nitrogen and oxygen atoms in total. The molecule has 5 heteroatoms.